The minimum absolute atomic E-state index is 0.160. The minimum atomic E-state index is -0.783. The van der Waals surface area contributed by atoms with Crippen molar-refractivity contribution in [3.05, 3.63) is 0 Å². The molecule has 5 heteroatoms. The zero-order valence-electron chi connectivity index (χ0n) is 11.3. The number of aliphatic carboxylic acids is 1. The highest BCUT2D eigenvalue weighted by Crippen LogP contribution is 2.29. The number of amides is 1. The van der Waals surface area contributed by atoms with Crippen molar-refractivity contribution in [3.63, 3.8) is 0 Å². The van der Waals surface area contributed by atoms with Crippen LogP contribution < -0.4 is 0 Å². The average molecular weight is 269 g/mol. The minimum Gasteiger partial charge on any atom is -0.481 e. The quantitative estimate of drug-likeness (QED) is 0.680. The molecule has 1 saturated heterocycles. The molecule has 0 aromatic carbocycles. The monoisotopic (exact) mass is 269 g/mol. The van der Waals surface area contributed by atoms with Gasteiger partial charge in [-0.2, -0.15) is 0 Å². The molecule has 1 atom stereocenters. The number of carboxylic acids is 1. The summed E-state index contributed by atoms with van der Waals surface area (Å²) in [5, 5.41) is 8.57. The first-order chi connectivity index (χ1) is 9.16. The van der Waals surface area contributed by atoms with Crippen LogP contribution >= 0.6 is 0 Å². The van der Waals surface area contributed by atoms with Crippen LogP contribution in [-0.2, 0) is 14.3 Å². The van der Waals surface area contributed by atoms with E-state index in [4.69, 9.17) is 9.84 Å². The Labute approximate surface area is 113 Å². The number of carbonyl (C=O) groups is 2. The molecule has 0 aromatic rings. The average Bonchev–Trinajstić information content (AvgIpc) is 3.08. The second-order valence-corrected chi connectivity index (χ2v) is 5.61. The fourth-order valence-electron chi connectivity index (χ4n) is 2.54. The zero-order chi connectivity index (χ0) is 13.7. The third-order valence-electron chi connectivity index (χ3n) is 3.82. The van der Waals surface area contributed by atoms with Crippen LogP contribution in [0.4, 0.5) is 0 Å². The third kappa shape index (κ3) is 4.82. The lowest BCUT2D eigenvalue weighted by Gasteiger charge is -2.25. The number of ether oxygens (including phenoxy) is 1. The van der Waals surface area contributed by atoms with Crippen LogP contribution in [0.2, 0.25) is 0 Å². The van der Waals surface area contributed by atoms with Gasteiger partial charge in [0.1, 0.15) is 0 Å². The summed E-state index contributed by atoms with van der Waals surface area (Å²) in [7, 11) is 0. The highest BCUT2D eigenvalue weighted by Gasteiger charge is 2.34. The molecule has 0 aromatic heterocycles. The van der Waals surface area contributed by atoms with Gasteiger partial charge in [-0.1, -0.05) is 0 Å². The highest BCUT2D eigenvalue weighted by molar-refractivity contribution is 5.77. The first-order valence-corrected chi connectivity index (χ1v) is 7.26. The van der Waals surface area contributed by atoms with Crippen molar-refractivity contribution in [1.29, 1.82) is 0 Å². The summed E-state index contributed by atoms with van der Waals surface area (Å²) in [4.78, 5) is 24.6. The van der Waals surface area contributed by atoms with Crippen LogP contribution in [0.25, 0.3) is 0 Å². The van der Waals surface area contributed by atoms with E-state index in [1.165, 1.54) is 0 Å². The van der Waals surface area contributed by atoms with Gasteiger partial charge in [-0.25, -0.2) is 0 Å². The fraction of sp³-hybridized carbons (Fsp3) is 0.857. The number of carbonyl (C=O) groups excluding carboxylic acids is 1. The Morgan fingerprint density at radius 3 is 2.47 bits per heavy atom. The molecule has 2 aliphatic rings. The number of hydrogen-bond acceptors (Lipinski definition) is 3. The van der Waals surface area contributed by atoms with Gasteiger partial charge in [-0.05, 0) is 32.1 Å². The van der Waals surface area contributed by atoms with Crippen molar-refractivity contribution in [2.75, 3.05) is 19.8 Å². The molecule has 1 aliphatic heterocycles. The third-order valence-corrected chi connectivity index (χ3v) is 3.82. The van der Waals surface area contributed by atoms with Crippen LogP contribution in [0.3, 0.4) is 0 Å². The molecule has 2 rings (SSSR count). The van der Waals surface area contributed by atoms with Gasteiger partial charge >= 0.3 is 5.97 Å². The molecule has 0 spiro atoms. The molecule has 2 fully saturated rings. The molecule has 5 nitrogen and oxygen atoms in total. The van der Waals surface area contributed by atoms with E-state index in [1.54, 1.807) is 0 Å². The molecule has 0 radical (unpaired) electrons. The number of unbranched alkanes of at least 4 members (excludes halogenated alkanes) is 1. The van der Waals surface area contributed by atoms with Crippen LogP contribution in [0.15, 0.2) is 0 Å². The Balaban J connectivity index is 1.71. The van der Waals surface area contributed by atoms with E-state index in [0.717, 1.165) is 39.0 Å². The SMILES string of the molecule is O=C(O)CCCCC(=O)N(CC1CCOC1)C1CC1. The Morgan fingerprint density at radius 2 is 1.89 bits per heavy atom. The number of nitrogens with zero attached hydrogens (tertiary/aromatic N) is 1. The van der Waals surface area contributed by atoms with Crippen molar-refractivity contribution in [2.24, 2.45) is 5.92 Å². The highest BCUT2D eigenvalue weighted by atomic mass is 16.5. The van der Waals surface area contributed by atoms with Gasteiger partial charge in [-0.3, -0.25) is 9.59 Å². The van der Waals surface area contributed by atoms with Gasteiger partial charge < -0.3 is 14.7 Å². The standard InChI is InChI=1S/C14H23NO4/c16-13(3-1-2-4-14(17)18)15(12-5-6-12)9-11-7-8-19-10-11/h11-12H,1-10H2,(H,17,18). The molecule has 19 heavy (non-hydrogen) atoms. The van der Waals surface area contributed by atoms with Gasteiger partial charge in [0.25, 0.3) is 0 Å². The summed E-state index contributed by atoms with van der Waals surface area (Å²) >= 11 is 0. The molecular formula is C14H23NO4. The van der Waals surface area contributed by atoms with E-state index in [-0.39, 0.29) is 12.3 Å². The topological polar surface area (TPSA) is 66.8 Å². The van der Waals surface area contributed by atoms with Crippen molar-refractivity contribution in [3.8, 4) is 0 Å². The number of carboxylic acid groups (broad SMARTS) is 1. The summed E-state index contributed by atoms with van der Waals surface area (Å²) in [6, 6.07) is 0.438. The van der Waals surface area contributed by atoms with Crippen LogP contribution in [0, 0.1) is 5.92 Å². The molecule has 1 unspecified atom stereocenters. The van der Waals surface area contributed by atoms with Crippen molar-refractivity contribution in [2.45, 2.75) is 51.0 Å². The largest absolute Gasteiger partial charge is 0.481 e. The molecule has 1 N–H and O–H groups in total. The molecule has 1 heterocycles. The van der Waals surface area contributed by atoms with Gasteiger partial charge in [0, 0.05) is 38.0 Å². The second kappa shape index (κ2) is 6.89. The van der Waals surface area contributed by atoms with Gasteiger partial charge in [-0.15, -0.1) is 0 Å². The second-order valence-electron chi connectivity index (χ2n) is 5.61. The van der Waals surface area contributed by atoms with E-state index < -0.39 is 5.97 Å². The Morgan fingerprint density at radius 1 is 1.16 bits per heavy atom. The molecule has 1 amide bonds. The number of rotatable bonds is 8. The maximum atomic E-state index is 12.2. The summed E-state index contributed by atoms with van der Waals surface area (Å²) in [6.45, 7) is 2.41. The van der Waals surface area contributed by atoms with E-state index in [9.17, 15) is 9.59 Å². The maximum absolute atomic E-state index is 12.2. The summed E-state index contributed by atoms with van der Waals surface area (Å²) in [5.41, 5.74) is 0. The van der Waals surface area contributed by atoms with E-state index >= 15 is 0 Å². The fourth-order valence-corrected chi connectivity index (χ4v) is 2.54. The van der Waals surface area contributed by atoms with Gasteiger partial charge in [0.2, 0.25) is 5.91 Å². The first-order valence-electron chi connectivity index (χ1n) is 7.26. The maximum Gasteiger partial charge on any atom is 0.303 e. The molecular weight excluding hydrogens is 246 g/mol. The lowest BCUT2D eigenvalue weighted by atomic mass is 10.1. The summed E-state index contributed by atoms with van der Waals surface area (Å²) in [6.07, 6.45) is 5.20. The predicted molar refractivity (Wildman–Crippen MR) is 69.8 cm³/mol. The van der Waals surface area contributed by atoms with Crippen LogP contribution in [0.1, 0.15) is 44.9 Å². The van der Waals surface area contributed by atoms with Crippen molar-refractivity contribution >= 4 is 11.9 Å². The molecule has 108 valence electrons. The van der Waals surface area contributed by atoms with E-state index in [2.05, 4.69) is 0 Å². The zero-order valence-corrected chi connectivity index (χ0v) is 11.3. The first kappa shape index (κ1) is 14.3. The normalized spacial score (nSPS) is 22.4. The smallest absolute Gasteiger partial charge is 0.303 e. The lowest BCUT2D eigenvalue weighted by Crippen LogP contribution is -2.37. The van der Waals surface area contributed by atoms with E-state index in [1.807, 2.05) is 4.90 Å². The molecule has 0 bridgehead atoms. The molecule has 1 aliphatic carbocycles. The van der Waals surface area contributed by atoms with Gasteiger partial charge in [0.05, 0.1) is 6.61 Å². The predicted octanol–water partition coefficient (Wildman–Crippen LogP) is 1.66. The van der Waals surface area contributed by atoms with Crippen molar-refractivity contribution < 1.29 is 19.4 Å². The Kier molecular flexibility index (Phi) is 5.19. The summed E-state index contributed by atoms with van der Waals surface area (Å²) < 4.78 is 5.36. The van der Waals surface area contributed by atoms with Crippen LogP contribution in [0.5, 0.6) is 0 Å². The Bertz CT molecular complexity index is 321. The van der Waals surface area contributed by atoms with Crippen molar-refractivity contribution in [1.82, 2.24) is 4.90 Å². The molecule has 1 saturated carbocycles. The van der Waals surface area contributed by atoms with Gasteiger partial charge in [0.15, 0.2) is 0 Å². The number of hydrogen-bond donors (Lipinski definition) is 1. The van der Waals surface area contributed by atoms with E-state index in [0.29, 0.717) is 31.2 Å². The summed E-state index contributed by atoms with van der Waals surface area (Å²) in [5.74, 6) is -0.0991. The lowest BCUT2D eigenvalue weighted by molar-refractivity contribution is -0.137. The van der Waals surface area contributed by atoms with Crippen LogP contribution in [-0.4, -0.2) is 47.7 Å². The Hall–Kier alpha value is -1.10.